The first-order valence-corrected chi connectivity index (χ1v) is 10.6. The van der Waals surface area contributed by atoms with Crippen LogP contribution in [0.1, 0.15) is 50.4 Å². The highest BCUT2D eigenvalue weighted by Crippen LogP contribution is 2.31. The third kappa shape index (κ3) is 5.66. The Morgan fingerprint density at radius 3 is 2.23 bits per heavy atom. The summed E-state index contributed by atoms with van der Waals surface area (Å²) < 4.78 is 11.3. The SMILES string of the molecule is Cc1ccc(COc2ccc(C3NC(=O)NC(C(C)C)=C3C(=O)OC(C)C)cc2)cc1. The molecule has 1 aliphatic heterocycles. The Hall–Kier alpha value is -3.28. The molecular formula is C25H30N2O4. The number of hydrogen-bond donors (Lipinski definition) is 2. The van der Waals surface area contributed by atoms with Gasteiger partial charge in [0.25, 0.3) is 0 Å². The smallest absolute Gasteiger partial charge is 0.338 e. The lowest BCUT2D eigenvalue weighted by atomic mass is 9.91. The minimum absolute atomic E-state index is 0.0413. The standard InChI is InChI=1S/C25H30N2O4/c1-15(2)22-21(24(28)31-16(3)4)23(27-25(29)26-22)19-10-12-20(13-11-19)30-14-18-8-6-17(5)7-9-18/h6-13,15-16,23H,14H2,1-5H3,(H2,26,27,29). The monoisotopic (exact) mass is 422 g/mol. The van der Waals surface area contributed by atoms with Gasteiger partial charge in [-0.2, -0.15) is 0 Å². The van der Waals surface area contributed by atoms with Crippen molar-refractivity contribution in [3.8, 4) is 5.75 Å². The van der Waals surface area contributed by atoms with Crippen molar-refractivity contribution in [3.63, 3.8) is 0 Å². The summed E-state index contributed by atoms with van der Waals surface area (Å²) in [6, 6.07) is 14.7. The fourth-order valence-electron chi connectivity index (χ4n) is 3.40. The molecule has 1 aliphatic rings. The second-order valence-electron chi connectivity index (χ2n) is 8.31. The lowest BCUT2D eigenvalue weighted by Crippen LogP contribution is -2.47. The fraction of sp³-hybridized carbons (Fsp3) is 0.360. The van der Waals surface area contributed by atoms with Gasteiger partial charge in [0.2, 0.25) is 0 Å². The maximum Gasteiger partial charge on any atom is 0.338 e. The summed E-state index contributed by atoms with van der Waals surface area (Å²) in [5.41, 5.74) is 4.09. The highest BCUT2D eigenvalue weighted by atomic mass is 16.5. The molecule has 0 radical (unpaired) electrons. The molecule has 3 rings (SSSR count). The fourth-order valence-corrected chi connectivity index (χ4v) is 3.40. The van der Waals surface area contributed by atoms with E-state index in [0.717, 1.165) is 11.1 Å². The molecule has 2 aromatic rings. The number of amides is 2. The number of allylic oxidation sites excluding steroid dienone is 1. The van der Waals surface area contributed by atoms with E-state index in [-0.39, 0.29) is 18.1 Å². The van der Waals surface area contributed by atoms with E-state index in [1.165, 1.54) is 5.56 Å². The molecule has 0 bridgehead atoms. The quantitative estimate of drug-likeness (QED) is 0.629. The summed E-state index contributed by atoms with van der Waals surface area (Å²) in [6.45, 7) is 9.99. The molecular weight excluding hydrogens is 392 g/mol. The number of carbonyl (C=O) groups is 2. The van der Waals surface area contributed by atoms with Crippen LogP contribution in [0.25, 0.3) is 0 Å². The number of esters is 1. The van der Waals surface area contributed by atoms with Crippen LogP contribution in [0.5, 0.6) is 5.75 Å². The lowest BCUT2D eigenvalue weighted by molar-refractivity contribution is -0.143. The molecule has 0 spiro atoms. The van der Waals surface area contributed by atoms with Crippen molar-refractivity contribution in [1.29, 1.82) is 0 Å². The highest BCUT2D eigenvalue weighted by Gasteiger charge is 2.35. The first-order chi connectivity index (χ1) is 14.7. The molecule has 1 unspecified atom stereocenters. The largest absolute Gasteiger partial charge is 0.489 e. The number of nitrogens with one attached hydrogen (secondary N) is 2. The number of urea groups is 1. The Morgan fingerprint density at radius 1 is 1.00 bits per heavy atom. The second-order valence-corrected chi connectivity index (χ2v) is 8.31. The van der Waals surface area contributed by atoms with Crippen LogP contribution in [0.2, 0.25) is 0 Å². The van der Waals surface area contributed by atoms with Crippen LogP contribution in [0.15, 0.2) is 59.8 Å². The van der Waals surface area contributed by atoms with E-state index < -0.39 is 12.0 Å². The second kappa shape index (κ2) is 9.69. The van der Waals surface area contributed by atoms with Gasteiger partial charge in [0.1, 0.15) is 12.4 Å². The summed E-state index contributed by atoms with van der Waals surface area (Å²) in [5.74, 6) is 0.236. The highest BCUT2D eigenvalue weighted by molar-refractivity contribution is 5.95. The van der Waals surface area contributed by atoms with Crippen LogP contribution in [-0.4, -0.2) is 18.1 Å². The molecule has 2 aromatic carbocycles. The van der Waals surface area contributed by atoms with Gasteiger partial charge in [-0.1, -0.05) is 55.8 Å². The molecule has 2 amide bonds. The normalized spacial score (nSPS) is 16.2. The molecule has 6 nitrogen and oxygen atoms in total. The zero-order valence-electron chi connectivity index (χ0n) is 18.7. The predicted molar refractivity (Wildman–Crippen MR) is 119 cm³/mol. The molecule has 0 saturated carbocycles. The third-order valence-electron chi connectivity index (χ3n) is 4.98. The van der Waals surface area contributed by atoms with Crippen LogP contribution >= 0.6 is 0 Å². The van der Waals surface area contributed by atoms with Gasteiger partial charge in [0.15, 0.2) is 0 Å². The predicted octanol–water partition coefficient (Wildman–Crippen LogP) is 4.79. The van der Waals surface area contributed by atoms with Crippen molar-refractivity contribution in [1.82, 2.24) is 10.6 Å². The van der Waals surface area contributed by atoms with Crippen molar-refractivity contribution in [2.24, 2.45) is 5.92 Å². The minimum Gasteiger partial charge on any atom is -0.489 e. The van der Waals surface area contributed by atoms with Gasteiger partial charge in [-0.05, 0) is 49.9 Å². The number of ether oxygens (including phenoxy) is 2. The third-order valence-corrected chi connectivity index (χ3v) is 4.98. The van der Waals surface area contributed by atoms with E-state index in [4.69, 9.17) is 9.47 Å². The number of benzene rings is 2. The average molecular weight is 423 g/mol. The van der Waals surface area contributed by atoms with Crippen LogP contribution in [0.4, 0.5) is 4.79 Å². The molecule has 164 valence electrons. The Labute approximate surface area is 183 Å². The van der Waals surface area contributed by atoms with Crippen molar-refractivity contribution >= 4 is 12.0 Å². The number of aryl methyl sites for hydroxylation is 1. The van der Waals surface area contributed by atoms with Crippen LogP contribution in [0, 0.1) is 12.8 Å². The van der Waals surface area contributed by atoms with Crippen LogP contribution in [0.3, 0.4) is 0 Å². The first kappa shape index (κ1) is 22.4. The van der Waals surface area contributed by atoms with E-state index >= 15 is 0 Å². The van der Waals surface area contributed by atoms with E-state index in [0.29, 0.717) is 23.6 Å². The van der Waals surface area contributed by atoms with Crippen molar-refractivity contribution in [2.75, 3.05) is 0 Å². The van der Waals surface area contributed by atoms with E-state index in [9.17, 15) is 9.59 Å². The van der Waals surface area contributed by atoms with E-state index in [1.54, 1.807) is 13.8 Å². The summed E-state index contributed by atoms with van der Waals surface area (Å²) >= 11 is 0. The Balaban J connectivity index is 1.83. The van der Waals surface area contributed by atoms with Gasteiger partial charge < -0.3 is 20.1 Å². The Bertz CT molecular complexity index is 960. The number of carbonyl (C=O) groups excluding carboxylic acids is 2. The summed E-state index contributed by atoms with van der Waals surface area (Å²) in [6.07, 6.45) is -0.260. The summed E-state index contributed by atoms with van der Waals surface area (Å²) in [4.78, 5) is 25.1. The summed E-state index contributed by atoms with van der Waals surface area (Å²) in [7, 11) is 0. The van der Waals surface area contributed by atoms with Crippen molar-refractivity contribution in [3.05, 3.63) is 76.5 Å². The topological polar surface area (TPSA) is 76.7 Å². The van der Waals surface area contributed by atoms with Gasteiger partial charge in [-0.25, -0.2) is 9.59 Å². The average Bonchev–Trinajstić information content (AvgIpc) is 2.72. The van der Waals surface area contributed by atoms with Gasteiger partial charge in [0, 0.05) is 5.70 Å². The lowest BCUT2D eigenvalue weighted by Gasteiger charge is -2.31. The van der Waals surface area contributed by atoms with E-state index in [2.05, 4.69) is 22.8 Å². The molecule has 0 fully saturated rings. The molecule has 1 heterocycles. The van der Waals surface area contributed by atoms with Gasteiger partial charge in [-0.15, -0.1) is 0 Å². The molecule has 6 heteroatoms. The molecule has 0 saturated heterocycles. The van der Waals surface area contributed by atoms with Gasteiger partial charge in [0.05, 0.1) is 17.7 Å². The summed E-state index contributed by atoms with van der Waals surface area (Å²) in [5, 5.41) is 5.63. The van der Waals surface area contributed by atoms with Crippen molar-refractivity contribution < 1.29 is 19.1 Å². The first-order valence-electron chi connectivity index (χ1n) is 10.6. The maximum atomic E-state index is 12.9. The molecule has 2 N–H and O–H groups in total. The zero-order chi connectivity index (χ0) is 22.5. The zero-order valence-corrected chi connectivity index (χ0v) is 18.7. The van der Waals surface area contributed by atoms with Gasteiger partial charge in [-0.3, -0.25) is 0 Å². The minimum atomic E-state index is -0.594. The van der Waals surface area contributed by atoms with Crippen LogP contribution in [-0.2, 0) is 16.1 Å². The molecule has 1 atom stereocenters. The number of rotatable bonds is 7. The molecule has 31 heavy (non-hydrogen) atoms. The van der Waals surface area contributed by atoms with Gasteiger partial charge >= 0.3 is 12.0 Å². The Morgan fingerprint density at radius 2 is 1.65 bits per heavy atom. The maximum absolute atomic E-state index is 12.9. The molecule has 0 aromatic heterocycles. The van der Waals surface area contributed by atoms with Crippen LogP contribution < -0.4 is 15.4 Å². The van der Waals surface area contributed by atoms with Crippen molar-refractivity contribution in [2.45, 2.75) is 53.4 Å². The Kier molecular flexibility index (Phi) is 7.00. The molecule has 0 aliphatic carbocycles. The van der Waals surface area contributed by atoms with E-state index in [1.807, 2.05) is 57.2 Å². The number of hydrogen-bond acceptors (Lipinski definition) is 4.